The van der Waals surface area contributed by atoms with Crippen LogP contribution in [-0.4, -0.2) is 34.5 Å². The van der Waals surface area contributed by atoms with Gasteiger partial charge in [-0.1, -0.05) is 41.6 Å². The van der Waals surface area contributed by atoms with E-state index in [-0.39, 0.29) is 18.0 Å². The van der Waals surface area contributed by atoms with Gasteiger partial charge in [0.15, 0.2) is 5.52 Å². The number of hydrogen-bond donors (Lipinski definition) is 0. The number of nitrogens with zero attached hydrogens (tertiary/aromatic N) is 4. The summed E-state index contributed by atoms with van der Waals surface area (Å²) in [5.41, 5.74) is 1.52. The van der Waals surface area contributed by atoms with Crippen LogP contribution in [0.3, 0.4) is 0 Å². The SMILES string of the molecule is C=CCN(C(=O)[C@@H](C)n1nc(-c2cccc(OC)c2)c2c(C)onc2c1=O)c1ccccc1. The molecule has 0 radical (unpaired) electrons. The van der Waals surface area contributed by atoms with E-state index in [1.165, 1.54) is 4.68 Å². The molecular weight excluding hydrogens is 420 g/mol. The van der Waals surface area contributed by atoms with E-state index in [2.05, 4.69) is 16.8 Å². The molecule has 0 aliphatic rings. The number of hydrogen-bond acceptors (Lipinski definition) is 6. The molecule has 2 aromatic heterocycles. The number of methoxy groups -OCH3 is 1. The van der Waals surface area contributed by atoms with E-state index in [9.17, 15) is 9.59 Å². The second-order valence-corrected chi connectivity index (χ2v) is 7.54. The smallest absolute Gasteiger partial charge is 0.297 e. The second kappa shape index (κ2) is 9.12. The number of aryl methyl sites for hydroxylation is 1. The molecule has 0 bridgehead atoms. The molecule has 0 N–H and O–H groups in total. The van der Waals surface area contributed by atoms with Crippen LogP contribution in [0.2, 0.25) is 0 Å². The predicted octanol–water partition coefficient (Wildman–Crippen LogP) is 4.15. The largest absolute Gasteiger partial charge is 0.497 e. The summed E-state index contributed by atoms with van der Waals surface area (Å²) in [5, 5.41) is 9.09. The molecule has 168 valence electrons. The number of anilines is 1. The monoisotopic (exact) mass is 444 g/mol. The Morgan fingerprint density at radius 3 is 2.70 bits per heavy atom. The highest BCUT2D eigenvalue weighted by Gasteiger charge is 2.27. The van der Waals surface area contributed by atoms with E-state index in [1.807, 2.05) is 54.6 Å². The molecule has 2 heterocycles. The van der Waals surface area contributed by atoms with Gasteiger partial charge < -0.3 is 14.2 Å². The van der Waals surface area contributed by atoms with Crippen LogP contribution in [0.15, 0.2) is 76.6 Å². The van der Waals surface area contributed by atoms with Crippen molar-refractivity contribution in [2.75, 3.05) is 18.6 Å². The van der Waals surface area contributed by atoms with Crippen LogP contribution in [0.1, 0.15) is 18.7 Å². The molecule has 8 nitrogen and oxygen atoms in total. The molecule has 4 rings (SSSR count). The highest BCUT2D eigenvalue weighted by Crippen LogP contribution is 2.30. The summed E-state index contributed by atoms with van der Waals surface area (Å²) in [6.07, 6.45) is 1.64. The van der Waals surface area contributed by atoms with Crippen molar-refractivity contribution in [1.82, 2.24) is 14.9 Å². The van der Waals surface area contributed by atoms with E-state index in [4.69, 9.17) is 9.26 Å². The molecule has 0 fully saturated rings. The molecule has 0 aliphatic heterocycles. The van der Waals surface area contributed by atoms with Gasteiger partial charge in [0, 0.05) is 17.8 Å². The topological polar surface area (TPSA) is 90.5 Å². The molecule has 2 aromatic carbocycles. The van der Waals surface area contributed by atoms with Gasteiger partial charge in [-0.05, 0) is 38.1 Å². The summed E-state index contributed by atoms with van der Waals surface area (Å²) in [6, 6.07) is 15.6. The normalized spacial score (nSPS) is 11.8. The van der Waals surface area contributed by atoms with Gasteiger partial charge in [-0.25, -0.2) is 4.68 Å². The fraction of sp³-hybridized carbons (Fsp3) is 0.200. The number of benzene rings is 2. The van der Waals surface area contributed by atoms with Crippen molar-refractivity contribution in [2.45, 2.75) is 19.9 Å². The first kappa shape index (κ1) is 22.0. The lowest BCUT2D eigenvalue weighted by Gasteiger charge is -2.25. The third kappa shape index (κ3) is 4.03. The number of carbonyl (C=O) groups excluding carboxylic acids is 1. The van der Waals surface area contributed by atoms with Crippen molar-refractivity contribution in [2.24, 2.45) is 0 Å². The highest BCUT2D eigenvalue weighted by molar-refractivity contribution is 5.97. The van der Waals surface area contributed by atoms with Gasteiger partial charge in [0.25, 0.3) is 11.5 Å². The van der Waals surface area contributed by atoms with Crippen molar-refractivity contribution in [3.8, 4) is 17.0 Å². The van der Waals surface area contributed by atoms with Gasteiger partial charge in [-0.15, -0.1) is 6.58 Å². The zero-order valence-corrected chi connectivity index (χ0v) is 18.7. The lowest BCUT2D eigenvalue weighted by Crippen LogP contribution is -2.40. The maximum Gasteiger partial charge on any atom is 0.297 e. The van der Waals surface area contributed by atoms with Gasteiger partial charge in [-0.3, -0.25) is 9.59 Å². The molecule has 1 atom stereocenters. The average Bonchev–Trinajstić information content (AvgIpc) is 3.24. The minimum absolute atomic E-state index is 0.120. The number of ether oxygens (including phenoxy) is 1. The zero-order chi connectivity index (χ0) is 23.5. The Morgan fingerprint density at radius 2 is 2.00 bits per heavy atom. The summed E-state index contributed by atoms with van der Waals surface area (Å²) < 4.78 is 11.8. The lowest BCUT2D eigenvalue weighted by atomic mass is 10.1. The standard InChI is InChI=1S/C25H24N4O4/c1-5-14-28(19-11-7-6-8-12-19)24(30)16(2)29-25(31)23-21(17(3)33-27-23)22(26-29)18-10-9-13-20(15-18)32-4/h5-13,15-16H,1,14H2,2-4H3/t16-/m1/s1. The lowest BCUT2D eigenvalue weighted by molar-refractivity contribution is -0.121. The van der Waals surface area contributed by atoms with Crippen molar-refractivity contribution >= 4 is 22.5 Å². The van der Waals surface area contributed by atoms with Crippen LogP contribution in [0.5, 0.6) is 5.75 Å². The summed E-state index contributed by atoms with van der Waals surface area (Å²) in [7, 11) is 1.58. The van der Waals surface area contributed by atoms with E-state index in [1.54, 1.807) is 31.9 Å². The number of fused-ring (bicyclic) bond motifs is 1. The zero-order valence-electron chi connectivity index (χ0n) is 18.7. The number of amides is 1. The molecule has 0 spiro atoms. The molecule has 8 heteroatoms. The summed E-state index contributed by atoms with van der Waals surface area (Å²) in [5.74, 6) is 0.808. The molecule has 0 saturated carbocycles. The Balaban J connectivity index is 1.87. The maximum atomic E-state index is 13.5. The van der Waals surface area contributed by atoms with E-state index >= 15 is 0 Å². The Labute approximate surface area is 190 Å². The first-order chi connectivity index (χ1) is 16.0. The van der Waals surface area contributed by atoms with E-state index in [0.29, 0.717) is 33.8 Å². The molecular formula is C25H24N4O4. The third-order valence-corrected chi connectivity index (χ3v) is 5.43. The van der Waals surface area contributed by atoms with E-state index < -0.39 is 11.6 Å². The Kier molecular flexibility index (Phi) is 6.08. The van der Waals surface area contributed by atoms with Crippen molar-refractivity contribution in [1.29, 1.82) is 0 Å². The van der Waals surface area contributed by atoms with Gasteiger partial charge >= 0.3 is 0 Å². The van der Waals surface area contributed by atoms with Crippen LogP contribution < -0.4 is 15.2 Å². The minimum Gasteiger partial charge on any atom is -0.497 e. The van der Waals surface area contributed by atoms with Crippen LogP contribution in [-0.2, 0) is 4.79 Å². The van der Waals surface area contributed by atoms with Crippen molar-refractivity contribution in [3.05, 3.63) is 83.4 Å². The van der Waals surface area contributed by atoms with Crippen LogP contribution in [0.4, 0.5) is 5.69 Å². The molecule has 0 aliphatic carbocycles. The molecule has 0 unspecified atom stereocenters. The highest BCUT2D eigenvalue weighted by atomic mass is 16.5. The quantitative estimate of drug-likeness (QED) is 0.398. The predicted molar refractivity (Wildman–Crippen MR) is 126 cm³/mol. The Bertz CT molecular complexity index is 1370. The summed E-state index contributed by atoms with van der Waals surface area (Å²) in [6.45, 7) is 7.41. The molecule has 0 saturated heterocycles. The first-order valence-corrected chi connectivity index (χ1v) is 10.5. The maximum absolute atomic E-state index is 13.5. The van der Waals surface area contributed by atoms with E-state index in [0.717, 1.165) is 0 Å². The fourth-order valence-electron chi connectivity index (χ4n) is 3.73. The minimum atomic E-state index is -0.900. The molecule has 4 aromatic rings. The Hall–Kier alpha value is -4.20. The fourth-order valence-corrected chi connectivity index (χ4v) is 3.73. The van der Waals surface area contributed by atoms with Gasteiger partial charge in [0.1, 0.15) is 23.2 Å². The van der Waals surface area contributed by atoms with Crippen LogP contribution in [0.25, 0.3) is 22.2 Å². The second-order valence-electron chi connectivity index (χ2n) is 7.54. The first-order valence-electron chi connectivity index (χ1n) is 10.5. The number of rotatable bonds is 7. The summed E-state index contributed by atoms with van der Waals surface area (Å²) in [4.78, 5) is 28.3. The summed E-state index contributed by atoms with van der Waals surface area (Å²) >= 11 is 0. The third-order valence-electron chi connectivity index (χ3n) is 5.43. The van der Waals surface area contributed by atoms with Crippen molar-refractivity contribution < 1.29 is 14.1 Å². The molecule has 33 heavy (non-hydrogen) atoms. The van der Waals surface area contributed by atoms with Crippen LogP contribution in [0, 0.1) is 6.92 Å². The molecule has 1 amide bonds. The number of aromatic nitrogens is 3. The van der Waals surface area contributed by atoms with Crippen LogP contribution >= 0.6 is 0 Å². The number of para-hydroxylation sites is 1. The average molecular weight is 444 g/mol. The number of carbonyl (C=O) groups is 1. The van der Waals surface area contributed by atoms with Gasteiger partial charge in [0.2, 0.25) is 0 Å². The van der Waals surface area contributed by atoms with Crippen molar-refractivity contribution in [3.63, 3.8) is 0 Å². The van der Waals surface area contributed by atoms with Gasteiger partial charge in [-0.2, -0.15) is 5.10 Å². The van der Waals surface area contributed by atoms with Gasteiger partial charge in [0.05, 0.1) is 12.5 Å². The Morgan fingerprint density at radius 1 is 1.24 bits per heavy atom.